The molecule has 1 amide bonds. The van der Waals surface area contributed by atoms with Gasteiger partial charge in [0.2, 0.25) is 5.91 Å². The molecule has 1 heterocycles. The zero-order valence-corrected chi connectivity index (χ0v) is 20.8. The molecule has 3 aromatic rings. The van der Waals surface area contributed by atoms with Gasteiger partial charge >= 0.3 is 0 Å². The third-order valence-electron chi connectivity index (χ3n) is 8.00. The molecule has 5 rings (SSSR count). The number of nitrogens with zero attached hydrogens (tertiary/aromatic N) is 2. The second-order valence-corrected chi connectivity index (χ2v) is 10.2. The van der Waals surface area contributed by atoms with E-state index in [1.807, 2.05) is 11.0 Å². The van der Waals surface area contributed by atoms with Crippen molar-refractivity contribution >= 4 is 5.91 Å². The number of amides is 1. The van der Waals surface area contributed by atoms with Gasteiger partial charge in [-0.1, -0.05) is 73.2 Å². The lowest BCUT2D eigenvalue weighted by Crippen LogP contribution is -2.52. The molecule has 1 aliphatic heterocycles. The Bertz CT molecular complexity index is 1170. The highest BCUT2D eigenvalue weighted by Crippen LogP contribution is 2.35. The van der Waals surface area contributed by atoms with Crippen molar-refractivity contribution < 1.29 is 9.18 Å². The zero-order chi connectivity index (χ0) is 24.4. The summed E-state index contributed by atoms with van der Waals surface area (Å²) in [7, 11) is 0. The number of aryl methyl sites for hydroxylation is 1. The van der Waals surface area contributed by atoms with Crippen LogP contribution in [0.3, 0.4) is 0 Å². The van der Waals surface area contributed by atoms with Crippen LogP contribution in [0, 0.1) is 12.7 Å². The third-order valence-corrected chi connectivity index (χ3v) is 8.00. The van der Waals surface area contributed by atoms with E-state index < -0.39 is 0 Å². The molecular weight excluding hydrogens is 435 g/mol. The van der Waals surface area contributed by atoms with E-state index in [0.717, 1.165) is 32.2 Å². The Morgan fingerprint density at radius 1 is 0.971 bits per heavy atom. The van der Waals surface area contributed by atoms with E-state index in [9.17, 15) is 9.18 Å². The van der Waals surface area contributed by atoms with E-state index in [0.29, 0.717) is 12.1 Å². The van der Waals surface area contributed by atoms with Crippen LogP contribution >= 0.6 is 0 Å². The van der Waals surface area contributed by atoms with Crippen LogP contribution in [-0.2, 0) is 24.2 Å². The van der Waals surface area contributed by atoms with Gasteiger partial charge in [0.1, 0.15) is 5.82 Å². The lowest BCUT2D eigenvalue weighted by atomic mass is 9.91. The van der Waals surface area contributed by atoms with Crippen molar-refractivity contribution in [1.29, 1.82) is 0 Å². The van der Waals surface area contributed by atoms with Gasteiger partial charge in [0, 0.05) is 24.2 Å². The molecule has 35 heavy (non-hydrogen) atoms. The lowest BCUT2D eigenvalue weighted by molar-refractivity contribution is -0.141. The Balaban J connectivity index is 1.44. The first-order valence-corrected chi connectivity index (χ1v) is 12.9. The van der Waals surface area contributed by atoms with Gasteiger partial charge in [0.25, 0.3) is 0 Å². The van der Waals surface area contributed by atoms with E-state index >= 15 is 0 Å². The summed E-state index contributed by atoms with van der Waals surface area (Å²) in [6.45, 7) is 5.42. The van der Waals surface area contributed by atoms with E-state index in [1.165, 1.54) is 34.7 Å². The monoisotopic (exact) mass is 470 g/mol. The number of carbonyl (C=O) groups excluding carboxylic acids is 1. The molecule has 0 aromatic heterocycles. The standard InChI is InChI=1S/C31H35FN2O/c1-22-11-3-7-15-28(22)30-17-9-10-18-33(30)23(2)31(35)34(21-26-14-6-8-16-29(26)32)27-19-24-12-4-5-13-25(24)20-27/h3-8,11-16,23,27,30H,9-10,17-21H2,1-2H3/t23-,30-/m0/s1. The molecule has 2 aliphatic rings. The van der Waals surface area contributed by atoms with Crippen LogP contribution in [0.15, 0.2) is 72.8 Å². The summed E-state index contributed by atoms with van der Waals surface area (Å²) in [6.07, 6.45) is 4.98. The normalized spacial score (nSPS) is 19.3. The Hall–Kier alpha value is -2.98. The molecule has 3 aromatic carbocycles. The van der Waals surface area contributed by atoms with Crippen LogP contribution in [0.2, 0.25) is 0 Å². The van der Waals surface area contributed by atoms with Crippen LogP contribution < -0.4 is 0 Å². The Morgan fingerprint density at radius 3 is 2.34 bits per heavy atom. The van der Waals surface area contributed by atoms with Crippen molar-refractivity contribution in [3.8, 4) is 0 Å². The Morgan fingerprint density at radius 2 is 1.63 bits per heavy atom. The smallest absolute Gasteiger partial charge is 0.240 e. The minimum absolute atomic E-state index is 0.0451. The molecule has 1 fully saturated rings. The molecule has 0 saturated carbocycles. The van der Waals surface area contributed by atoms with Crippen molar-refractivity contribution in [2.45, 2.75) is 70.6 Å². The van der Waals surface area contributed by atoms with Gasteiger partial charge < -0.3 is 4.90 Å². The topological polar surface area (TPSA) is 23.6 Å². The summed E-state index contributed by atoms with van der Waals surface area (Å²) in [5, 5.41) is 0. The summed E-state index contributed by atoms with van der Waals surface area (Å²) >= 11 is 0. The number of likely N-dealkylation sites (tertiary alicyclic amines) is 1. The highest BCUT2D eigenvalue weighted by atomic mass is 19.1. The molecule has 0 spiro atoms. The summed E-state index contributed by atoms with van der Waals surface area (Å²) in [4.78, 5) is 18.6. The van der Waals surface area contributed by atoms with Gasteiger partial charge in [0.05, 0.1) is 6.04 Å². The molecule has 3 nitrogen and oxygen atoms in total. The van der Waals surface area contributed by atoms with Gasteiger partial charge in [-0.25, -0.2) is 4.39 Å². The Kier molecular flexibility index (Phi) is 7.01. The van der Waals surface area contributed by atoms with Crippen molar-refractivity contribution in [2.75, 3.05) is 6.54 Å². The van der Waals surface area contributed by atoms with E-state index in [-0.39, 0.29) is 29.8 Å². The molecule has 1 saturated heterocycles. The van der Waals surface area contributed by atoms with Crippen LogP contribution in [0.4, 0.5) is 4.39 Å². The van der Waals surface area contributed by atoms with E-state index in [1.54, 1.807) is 12.1 Å². The number of hydrogen-bond donors (Lipinski definition) is 0. The molecular formula is C31H35FN2O. The maximum atomic E-state index is 14.7. The number of benzene rings is 3. The van der Waals surface area contributed by atoms with Crippen LogP contribution in [-0.4, -0.2) is 34.3 Å². The first-order chi connectivity index (χ1) is 17.0. The third kappa shape index (κ3) is 4.90. The van der Waals surface area contributed by atoms with Gasteiger partial charge in [-0.05, 0) is 74.4 Å². The lowest BCUT2D eigenvalue weighted by Gasteiger charge is -2.42. The number of hydrogen-bond acceptors (Lipinski definition) is 2. The second kappa shape index (κ2) is 10.3. The molecule has 0 N–H and O–H groups in total. The van der Waals surface area contributed by atoms with Crippen molar-refractivity contribution in [3.05, 3.63) is 106 Å². The average Bonchev–Trinajstić information content (AvgIpc) is 3.32. The summed E-state index contributed by atoms with van der Waals surface area (Å²) in [6, 6.07) is 23.9. The minimum Gasteiger partial charge on any atom is -0.333 e. The van der Waals surface area contributed by atoms with Gasteiger partial charge in [-0.2, -0.15) is 0 Å². The molecule has 4 heteroatoms. The number of piperidine rings is 1. The molecule has 0 bridgehead atoms. The van der Waals surface area contributed by atoms with Crippen molar-refractivity contribution in [2.24, 2.45) is 0 Å². The molecule has 2 atom stereocenters. The number of rotatable bonds is 6. The predicted octanol–water partition coefficient (Wildman–Crippen LogP) is 6.25. The number of carbonyl (C=O) groups is 1. The first kappa shape index (κ1) is 23.7. The van der Waals surface area contributed by atoms with Crippen LogP contribution in [0.5, 0.6) is 0 Å². The van der Waals surface area contributed by atoms with Crippen LogP contribution in [0.1, 0.15) is 60.0 Å². The largest absolute Gasteiger partial charge is 0.333 e. The second-order valence-electron chi connectivity index (χ2n) is 10.2. The fourth-order valence-corrected chi connectivity index (χ4v) is 6.05. The summed E-state index contributed by atoms with van der Waals surface area (Å²) in [5.41, 5.74) is 5.77. The number of fused-ring (bicyclic) bond motifs is 1. The van der Waals surface area contributed by atoms with E-state index in [4.69, 9.17) is 0 Å². The molecule has 0 unspecified atom stereocenters. The Labute approximate surface area is 208 Å². The maximum Gasteiger partial charge on any atom is 0.240 e. The van der Waals surface area contributed by atoms with Gasteiger partial charge in [-0.3, -0.25) is 9.69 Å². The van der Waals surface area contributed by atoms with E-state index in [2.05, 4.69) is 67.3 Å². The van der Waals surface area contributed by atoms with Crippen LogP contribution in [0.25, 0.3) is 0 Å². The van der Waals surface area contributed by atoms with Gasteiger partial charge in [0.15, 0.2) is 0 Å². The maximum absolute atomic E-state index is 14.7. The average molecular weight is 471 g/mol. The van der Waals surface area contributed by atoms with Crippen molar-refractivity contribution in [1.82, 2.24) is 9.80 Å². The quantitative estimate of drug-likeness (QED) is 0.425. The molecule has 1 aliphatic carbocycles. The predicted molar refractivity (Wildman–Crippen MR) is 139 cm³/mol. The molecule has 0 radical (unpaired) electrons. The zero-order valence-electron chi connectivity index (χ0n) is 20.8. The molecule has 182 valence electrons. The fourth-order valence-electron chi connectivity index (χ4n) is 6.05. The highest BCUT2D eigenvalue weighted by Gasteiger charge is 2.37. The van der Waals surface area contributed by atoms with Crippen molar-refractivity contribution in [3.63, 3.8) is 0 Å². The number of halogens is 1. The van der Waals surface area contributed by atoms with Gasteiger partial charge in [-0.15, -0.1) is 0 Å². The SMILES string of the molecule is Cc1ccccc1[C@@H]1CCCCN1[C@@H](C)C(=O)N(Cc1ccccc1F)C1Cc2ccccc2C1. The summed E-state index contributed by atoms with van der Waals surface area (Å²) in [5.74, 6) is -0.143. The highest BCUT2D eigenvalue weighted by molar-refractivity contribution is 5.82. The first-order valence-electron chi connectivity index (χ1n) is 12.9. The minimum atomic E-state index is -0.268. The fraction of sp³-hybridized carbons (Fsp3) is 0.387. The summed E-state index contributed by atoms with van der Waals surface area (Å²) < 4.78 is 14.7.